The van der Waals surface area contributed by atoms with Crippen molar-refractivity contribution in [3.05, 3.63) is 24.3 Å². The summed E-state index contributed by atoms with van der Waals surface area (Å²) in [7, 11) is 3.47. The van der Waals surface area contributed by atoms with Gasteiger partial charge in [-0.25, -0.2) is 0 Å². The summed E-state index contributed by atoms with van der Waals surface area (Å²) in [6, 6.07) is 7.44. The first-order chi connectivity index (χ1) is 9.11. The maximum absolute atomic E-state index is 11.9. The molecule has 1 saturated carbocycles. The first kappa shape index (κ1) is 13.7. The van der Waals surface area contributed by atoms with E-state index in [9.17, 15) is 4.79 Å². The second-order valence-electron chi connectivity index (χ2n) is 5.10. The molecule has 2 atom stereocenters. The van der Waals surface area contributed by atoms with Crippen molar-refractivity contribution in [2.45, 2.75) is 13.3 Å². The second kappa shape index (κ2) is 5.95. The highest BCUT2D eigenvalue weighted by atomic mass is 16.5. The number of rotatable bonds is 6. The Balaban J connectivity index is 1.71. The SMILES string of the molecule is COc1ccc(OCCN(C)C(=O)[C@H]2C[C@H]2C)cc1. The fraction of sp³-hybridized carbons (Fsp3) is 0.533. The van der Waals surface area contributed by atoms with Gasteiger partial charge in [0.05, 0.1) is 13.7 Å². The van der Waals surface area contributed by atoms with Crippen LogP contribution in [0.4, 0.5) is 0 Å². The first-order valence-corrected chi connectivity index (χ1v) is 6.63. The van der Waals surface area contributed by atoms with Gasteiger partial charge in [0.1, 0.15) is 18.1 Å². The predicted molar refractivity (Wildman–Crippen MR) is 73.4 cm³/mol. The number of ether oxygens (including phenoxy) is 2. The van der Waals surface area contributed by atoms with Crippen LogP contribution in [0.1, 0.15) is 13.3 Å². The molecule has 0 heterocycles. The molecule has 0 saturated heterocycles. The molecule has 0 radical (unpaired) electrons. The summed E-state index contributed by atoms with van der Waals surface area (Å²) in [5.74, 6) is 2.64. The number of carbonyl (C=O) groups is 1. The van der Waals surface area contributed by atoms with Crippen molar-refractivity contribution in [2.24, 2.45) is 11.8 Å². The Morgan fingerprint density at radius 3 is 2.42 bits per heavy atom. The van der Waals surface area contributed by atoms with Crippen molar-refractivity contribution in [2.75, 3.05) is 27.3 Å². The summed E-state index contributed by atoms with van der Waals surface area (Å²) in [4.78, 5) is 13.7. The van der Waals surface area contributed by atoms with Crippen LogP contribution >= 0.6 is 0 Å². The topological polar surface area (TPSA) is 38.8 Å². The third kappa shape index (κ3) is 3.63. The summed E-state index contributed by atoms with van der Waals surface area (Å²) in [5, 5.41) is 0. The van der Waals surface area contributed by atoms with Crippen LogP contribution in [0.3, 0.4) is 0 Å². The summed E-state index contributed by atoms with van der Waals surface area (Å²) < 4.78 is 10.7. The fourth-order valence-corrected chi connectivity index (χ4v) is 2.03. The molecule has 0 aliphatic heterocycles. The second-order valence-corrected chi connectivity index (χ2v) is 5.10. The van der Waals surface area contributed by atoms with Crippen LogP contribution in [-0.4, -0.2) is 38.1 Å². The maximum atomic E-state index is 11.9. The van der Waals surface area contributed by atoms with Crippen LogP contribution in [0.15, 0.2) is 24.3 Å². The zero-order valence-corrected chi connectivity index (χ0v) is 11.8. The molecule has 104 valence electrons. The number of carbonyl (C=O) groups excluding carboxylic acids is 1. The third-order valence-corrected chi connectivity index (χ3v) is 3.56. The Hall–Kier alpha value is -1.71. The maximum Gasteiger partial charge on any atom is 0.225 e. The van der Waals surface area contributed by atoms with E-state index in [1.165, 1.54) is 0 Å². The average Bonchev–Trinajstić information content (AvgIpc) is 3.15. The van der Waals surface area contributed by atoms with Crippen LogP contribution in [-0.2, 0) is 4.79 Å². The number of amides is 1. The van der Waals surface area contributed by atoms with Gasteiger partial charge in [0.25, 0.3) is 0 Å². The lowest BCUT2D eigenvalue weighted by Gasteiger charge is -2.17. The van der Waals surface area contributed by atoms with Crippen LogP contribution in [0.2, 0.25) is 0 Å². The van der Waals surface area contributed by atoms with Gasteiger partial charge in [-0.1, -0.05) is 6.92 Å². The van der Waals surface area contributed by atoms with Crippen molar-refractivity contribution in [3.63, 3.8) is 0 Å². The van der Waals surface area contributed by atoms with Gasteiger partial charge in [0.2, 0.25) is 5.91 Å². The van der Waals surface area contributed by atoms with Crippen molar-refractivity contribution in [1.82, 2.24) is 4.90 Å². The van der Waals surface area contributed by atoms with E-state index < -0.39 is 0 Å². The van der Waals surface area contributed by atoms with Gasteiger partial charge in [0.15, 0.2) is 0 Å². The van der Waals surface area contributed by atoms with E-state index >= 15 is 0 Å². The molecule has 1 aromatic rings. The Morgan fingerprint density at radius 2 is 1.89 bits per heavy atom. The van der Waals surface area contributed by atoms with Gasteiger partial charge in [-0.05, 0) is 36.6 Å². The number of methoxy groups -OCH3 is 1. The van der Waals surface area contributed by atoms with E-state index in [1.807, 2.05) is 31.3 Å². The molecular weight excluding hydrogens is 242 g/mol. The number of benzene rings is 1. The Labute approximate surface area is 114 Å². The van der Waals surface area contributed by atoms with Crippen LogP contribution < -0.4 is 9.47 Å². The van der Waals surface area contributed by atoms with Gasteiger partial charge in [-0.2, -0.15) is 0 Å². The minimum atomic E-state index is 0.242. The van der Waals surface area contributed by atoms with E-state index in [0.29, 0.717) is 19.1 Å². The molecule has 0 aromatic heterocycles. The molecule has 0 N–H and O–H groups in total. The molecule has 0 unspecified atom stereocenters. The van der Waals surface area contributed by atoms with Gasteiger partial charge < -0.3 is 14.4 Å². The normalized spacial score (nSPS) is 20.8. The van der Waals surface area contributed by atoms with Crippen molar-refractivity contribution in [1.29, 1.82) is 0 Å². The fourth-order valence-electron chi connectivity index (χ4n) is 2.03. The zero-order valence-electron chi connectivity index (χ0n) is 11.8. The number of hydrogen-bond donors (Lipinski definition) is 0. The standard InChI is InChI=1S/C15H21NO3/c1-11-10-14(11)15(17)16(2)8-9-19-13-6-4-12(18-3)5-7-13/h4-7,11,14H,8-10H2,1-3H3/t11-,14+/m1/s1. The Morgan fingerprint density at radius 1 is 1.32 bits per heavy atom. The Bertz CT molecular complexity index is 430. The summed E-state index contributed by atoms with van der Waals surface area (Å²) in [5.41, 5.74) is 0. The van der Waals surface area contributed by atoms with Gasteiger partial charge in [0, 0.05) is 13.0 Å². The molecular formula is C15H21NO3. The van der Waals surface area contributed by atoms with E-state index in [-0.39, 0.29) is 11.8 Å². The summed E-state index contributed by atoms with van der Waals surface area (Å²) >= 11 is 0. The molecule has 4 heteroatoms. The van der Waals surface area contributed by atoms with Crippen molar-refractivity contribution >= 4 is 5.91 Å². The van der Waals surface area contributed by atoms with Crippen molar-refractivity contribution < 1.29 is 14.3 Å². The molecule has 1 fully saturated rings. The summed E-state index contributed by atoms with van der Waals surface area (Å²) in [6.45, 7) is 3.24. The van der Waals surface area contributed by atoms with Crippen LogP contribution in [0.25, 0.3) is 0 Å². The molecule has 4 nitrogen and oxygen atoms in total. The number of likely N-dealkylation sites (N-methyl/N-ethyl adjacent to an activating group) is 1. The third-order valence-electron chi connectivity index (χ3n) is 3.56. The van der Waals surface area contributed by atoms with E-state index in [2.05, 4.69) is 6.92 Å². The number of hydrogen-bond acceptors (Lipinski definition) is 3. The minimum absolute atomic E-state index is 0.242. The number of nitrogens with zero attached hydrogens (tertiary/aromatic N) is 1. The highest BCUT2D eigenvalue weighted by molar-refractivity contribution is 5.81. The molecule has 1 aliphatic carbocycles. The molecule has 2 rings (SSSR count). The highest BCUT2D eigenvalue weighted by Gasteiger charge is 2.40. The largest absolute Gasteiger partial charge is 0.497 e. The average molecular weight is 263 g/mol. The smallest absolute Gasteiger partial charge is 0.225 e. The minimum Gasteiger partial charge on any atom is -0.497 e. The molecule has 19 heavy (non-hydrogen) atoms. The molecule has 1 aliphatic rings. The zero-order chi connectivity index (χ0) is 13.8. The van der Waals surface area contributed by atoms with E-state index in [1.54, 1.807) is 12.0 Å². The van der Waals surface area contributed by atoms with Crippen molar-refractivity contribution in [3.8, 4) is 11.5 Å². The molecule has 0 spiro atoms. The quantitative estimate of drug-likeness (QED) is 0.789. The summed E-state index contributed by atoms with van der Waals surface area (Å²) in [6.07, 6.45) is 1.03. The predicted octanol–water partition coefficient (Wildman–Crippen LogP) is 2.19. The van der Waals surface area contributed by atoms with Gasteiger partial charge in [-0.15, -0.1) is 0 Å². The van der Waals surface area contributed by atoms with E-state index in [4.69, 9.17) is 9.47 Å². The Kier molecular flexibility index (Phi) is 4.30. The van der Waals surface area contributed by atoms with Gasteiger partial charge >= 0.3 is 0 Å². The monoisotopic (exact) mass is 263 g/mol. The lowest BCUT2D eigenvalue weighted by molar-refractivity contribution is -0.131. The lowest BCUT2D eigenvalue weighted by Crippen LogP contribution is -2.32. The molecule has 1 amide bonds. The van der Waals surface area contributed by atoms with E-state index in [0.717, 1.165) is 17.9 Å². The molecule has 1 aromatic carbocycles. The lowest BCUT2D eigenvalue weighted by atomic mass is 10.3. The molecule has 0 bridgehead atoms. The van der Waals surface area contributed by atoms with Crippen LogP contribution in [0.5, 0.6) is 11.5 Å². The highest BCUT2D eigenvalue weighted by Crippen LogP contribution is 2.38. The first-order valence-electron chi connectivity index (χ1n) is 6.63. The van der Waals surface area contributed by atoms with Gasteiger partial charge in [-0.3, -0.25) is 4.79 Å². The van der Waals surface area contributed by atoms with Crippen LogP contribution in [0, 0.1) is 11.8 Å².